The molecule has 2 amide bonds. The maximum absolute atomic E-state index is 12.1. The second-order valence-electron chi connectivity index (χ2n) is 5.43. The van der Waals surface area contributed by atoms with Gasteiger partial charge in [0.15, 0.2) is 0 Å². The van der Waals surface area contributed by atoms with Gasteiger partial charge in [0.2, 0.25) is 11.8 Å². The molecule has 0 saturated carbocycles. The third-order valence-electron chi connectivity index (χ3n) is 3.50. The van der Waals surface area contributed by atoms with Gasteiger partial charge in [-0.25, -0.2) is 0 Å². The summed E-state index contributed by atoms with van der Waals surface area (Å²) in [7, 11) is 0. The van der Waals surface area contributed by atoms with Gasteiger partial charge >= 0.3 is 0 Å². The summed E-state index contributed by atoms with van der Waals surface area (Å²) in [5.74, 6) is -0.357. The molecule has 104 valence electrons. The first-order chi connectivity index (χ1) is 8.41. The molecule has 5 heteroatoms. The first-order valence-corrected chi connectivity index (χ1v) is 6.74. The van der Waals surface area contributed by atoms with E-state index < -0.39 is 0 Å². The predicted molar refractivity (Wildman–Crippen MR) is 70.8 cm³/mol. The zero-order valence-electron chi connectivity index (χ0n) is 11.6. The number of rotatable bonds is 5. The largest absolute Gasteiger partial charge is 0.369 e. The van der Waals surface area contributed by atoms with Gasteiger partial charge in [-0.1, -0.05) is 13.8 Å². The highest BCUT2D eigenvalue weighted by Gasteiger charge is 2.31. The Morgan fingerprint density at radius 1 is 1.39 bits per heavy atom. The molecule has 0 aliphatic carbocycles. The highest BCUT2D eigenvalue weighted by atomic mass is 16.2. The van der Waals surface area contributed by atoms with Crippen molar-refractivity contribution >= 4 is 11.8 Å². The Morgan fingerprint density at radius 2 is 2.06 bits per heavy atom. The standard InChI is InChI=1S/C13H25N3O2/c1-9(2)15-7-6-12(17)16-8-11(13(14)18)5-4-10(16)3/h9-11,15H,4-8H2,1-3H3,(H2,14,18). The predicted octanol–water partition coefficient (Wildman–Crippen LogP) is 0.487. The van der Waals surface area contributed by atoms with Gasteiger partial charge in [-0.05, 0) is 19.8 Å². The number of primary amides is 1. The number of carbonyl (C=O) groups excluding carboxylic acids is 2. The lowest BCUT2D eigenvalue weighted by Gasteiger charge is -2.37. The SMILES string of the molecule is CC(C)NCCC(=O)N1CC(C(N)=O)CCC1C. The second kappa shape index (κ2) is 6.73. The third kappa shape index (κ3) is 4.29. The van der Waals surface area contributed by atoms with Crippen molar-refractivity contribution < 1.29 is 9.59 Å². The first-order valence-electron chi connectivity index (χ1n) is 6.74. The van der Waals surface area contributed by atoms with Crippen molar-refractivity contribution in [1.29, 1.82) is 0 Å². The summed E-state index contributed by atoms with van der Waals surface area (Å²) >= 11 is 0. The lowest BCUT2D eigenvalue weighted by atomic mass is 9.92. The van der Waals surface area contributed by atoms with Crippen LogP contribution in [-0.2, 0) is 9.59 Å². The second-order valence-corrected chi connectivity index (χ2v) is 5.43. The molecule has 0 aromatic carbocycles. The van der Waals surface area contributed by atoms with Crippen molar-refractivity contribution in [2.75, 3.05) is 13.1 Å². The van der Waals surface area contributed by atoms with Gasteiger partial charge < -0.3 is 16.0 Å². The first kappa shape index (κ1) is 15.0. The van der Waals surface area contributed by atoms with Crippen LogP contribution in [0.15, 0.2) is 0 Å². The third-order valence-corrected chi connectivity index (χ3v) is 3.50. The summed E-state index contributed by atoms with van der Waals surface area (Å²) in [4.78, 5) is 25.1. The van der Waals surface area contributed by atoms with E-state index in [0.29, 0.717) is 25.6 Å². The van der Waals surface area contributed by atoms with E-state index in [1.165, 1.54) is 0 Å². The van der Waals surface area contributed by atoms with Crippen molar-refractivity contribution in [3.05, 3.63) is 0 Å². The molecule has 1 saturated heterocycles. The monoisotopic (exact) mass is 255 g/mol. The van der Waals surface area contributed by atoms with Crippen LogP contribution >= 0.6 is 0 Å². The lowest BCUT2D eigenvalue weighted by molar-refractivity contribution is -0.137. The molecule has 1 aliphatic rings. The van der Waals surface area contributed by atoms with Crippen LogP contribution in [-0.4, -0.2) is 41.9 Å². The molecule has 3 N–H and O–H groups in total. The topological polar surface area (TPSA) is 75.4 Å². The van der Waals surface area contributed by atoms with Crippen molar-refractivity contribution in [3.8, 4) is 0 Å². The zero-order valence-corrected chi connectivity index (χ0v) is 11.6. The van der Waals surface area contributed by atoms with E-state index in [4.69, 9.17) is 5.73 Å². The highest BCUT2D eigenvalue weighted by Crippen LogP contribution is 2.22. The number of carbonyl (C=O) groups is 2. The molecule has 1 rings (SSSR count). The minimum Gasteiger partial charge on any atom is -0.369 e. The maximum atomic E-state index is 12.1. The van der Waals surface area contributed by atoms with Crippen LogP contribution in [0, 0.1) is 5.92 Å². The minimum absolute atomic E-state index is 0.113. The summed E-state index contributed by atoms with van der Waals surface area (Å²) < 4.78 is 0. The Bertz CT molecular complexity index is 305. The molecule has 0 bridgehead atoms. The number of nitrogens with two attached hydrogens (primary N) is 1. The van der Waals surface area contributed by atoms with E-state index in [2.05, 4.69) is 19.2 Å². The van der Waals surface area contributed by atoms with Crippen LogP contribution < -0.4 is 11.1 Å². The highest BCUT2D eigenvalue weighted by molar-refractivity contribution is 5.80. The fraction of sp³-hybridized carbons (Fsp3) is 0.846. The molecule has 0 aromatic rings. The number of amides is 2. The van der Waals surface area contributed by atoms with Crippen LogP contribution in [0.2, 0.25) is 0 Å². The maximum Gasteiger partial charge on any atom is 0.224 e. The normalized spacial score (nSPS) is 24.3. The summed E-state index contributed by atoms with van der Waals surface area (Å²) in [5.41, 5.74) is 5.33. The molecule has 0 radical (unpaired) electrons. The molecular weight excluding hydrogens is 230 g/mol. The van der Waals surface area contributed by atoms with Gasteiger partial charge in [0.1, 0.15) is 0 Å². The van der Waals surface area contributed by atoms with E-state index in [1.54, 1.807) is 4.90 Å². The summed E-state index contributed by atoms with van der Waals surface area (Å²) in [6.45, 7) is 7.30. The van der Waals surface area contributed by atoms with Crippen LogP contribution in [0.4, 0.5) is 0 Å². The number of hydrogen-bond donors (Lipinski definition) is 2. The van der Waals surface area contributed by atoms with Gasteiger partial charge in [-0.15, -0.1) is 0 Å². The molecule has 0 spiro atoms. The number of nitrogens with one attached hydrogen (secondary N) is 1. The van der Waals surface area contributed by atoms with Crippen molar-refractivity contribution in [3.63, 3.8) is 0 Å². The van der Waals surface area contributed by atoms with E-state index >= 15 is 0 Å². The molecule has 1 fully saturated rings. The number of likely N-dealkylation sites (tertiary alicyclic amines) is 1. The van der Waals surface area contributed by atoms with Crippen molar-refractivity contribution in [1.82, 2.24) is 10.2 Å². The van der Waals surface area contributed by atoms with Gasteiger partial charge in [-0.2, -0.15) is 0 Å². The van der Waals surface area contributed by atoms with Gasteiger partial charge in [0.05, 0.1) is 5.92 Å². The number of nitrogens with zero attached hydrogens (tertiary/aromatic N) is 1. The molecule has 1 aliphatic heterocycles. The molecule has 18 heavy (non-hydrogen) atoms. The molecule has 5 nitrogen and oxygen atoms in total. The summed E-state index contributed by atoms with van der Waals surface area (Å²) in [6, 6.07) is 0.599. The number of piperidine rings is 1. The number of hydrogen-bond acceptors (Lipinski definition) is 3. The Balaban J connectivity index is 2.46. The Morgan fingerprint density at radius 3 is 2.61 bits per heavy atom. The van der Waals surface area contributed by atoms with Crippen LogP contribution in [0.3, 0.4) is 0 Å². The van der Waals surface area contributed by atoms with E-state index in [1.807, 2.05) is 6.92 Å². The van der Waals surface area contributed by atoms with E-state index in [9.17, 15) is 9.59 Å². The quantitative estimate of drug-likeness (QED) is 0.750. The van der Waals surface area contributed by atoms with Crippen LogP contribution in [0.5, 0.6) is 0 Å². The van der Waals surface area contributed by atoms with Crippen molar-refractivity contribution in [2.45, 2.75) is 52.1 Å². The fourth-order valence-corrected chi connectivity index (χ4v) is 2.30. The van der Waals surface area contributed by atoms with Crippen LogP contribution in [0.25, 0.3) is 0 Å². The molecule has 2 atom stereocenters. The van der Waals surface area contributed by atoms with Gasteiger partial charge in [-0.3, -0.25) is 9.59 Å². The molecule has 0 aromatic heterocycles. The molecule has 1 heterocycles. The van der Waals surface area contributed by atoms with Gasteiger partial charge in [0, 0.05) is 31.6 Å². The van der Waals surface area contributed by atoms with Crippen LogP contribution in [0.1, 0.15) is 40.0 Å². The van der Waals surface area contributed by atoms with Gasteiger partial charge in [0.25, 0.3) is 0 Å². The minimum atomic E-state index is -0.292. The Hall–Kier alpha value is -1.10. The molecular formula is C13H25N3O2. The summed E-state index contributed by atoms with van der Waals surface area (Å²) in [6.07, 6.45) is 2.13. The fourth-order valence-electron chi connectivity index (χ4n) is 2.30. The average molecular weight is 255 g/mol. The Labute approximate surface area is 109 Å². The van der Waals surface area contributed by atoms with E-state index in [-0.39, 0.29) is 23.8 Å². The van der Waals surface area contributed by atoms with Crippen molar-refractivity contribution in [2.24, 2.45) is 11.7 Å². The zero-order chi connectivity index (χ0) is 13.7. The smallest absolute Gasteiger partial charge is 0.224 e. The molecule has 2 unspecified atom stereocenters. The van der Waals surface area contributed by atoms with E-state index in [0.717, 1.165) is 12.8 Å². The Kier molecular flexibility index (Phi) is 5.59. The average Bonchev–Trinajstić information content (AvgIpc) is 2.28. The lowest BCUT2D eigenvalue weighted by Crippen LogP contribution is -2.49. The summed E-state index contributed by atoms with van der Waals surface area (Å²) in [5, 5.41) is 3.23.